The molecule has 19 heavy (non-hydrogen) atoms. The minimum Gasteiger partial charge on any atom is -0.507 e. The molecule has 102 valence electrons. The van der Waals surface area contributed by atoms with Crippen LogP contribution in [-0.4, -0.2) is 30.1 Å². The summed E-state index contributed by atoms with van der Waals surface area (Å²) in [5, 5.41) is 9.88. The predicted molar refractivity (Wildman–Crippen MR) is 67.7 cm³/mol. The van der Waals surface area contributed by atoms with Gasteiger partial charge in [0.15, 0.2) is 0 Å². The van der Waals surface area contributed by atoms with Gasteiger partial charge in [-0.25, -0.2) is 0 Å². The zero-order chi connectivity index (χ0) is 13.8. The Morgan fingerprint density at radius 2 is 2.16 bits per heavy atom. The number of hydrogen-bond acceptors (Lipinski definition) is 4. The average Bonchev–Trinajstić information content (AvgIpc) is 2.89. The number of aromatic hydroxyl groups is 1. The van der Waals surface area contributed by atoms with Gasteiger partial charge in [-0.2, -0.15) is 0 Å². The molecule has 1 aromatic rings. The van der Waals surface area contributed by atoms with Crippen LogP contribution in [-0.2, 0) is 9.53 Å². The Kier molecular flexibility index (Phi) is 4.24. The molecule has 1 aliphatic rings. The van der Waals surface area contributed by atoms with E-state index in [4.69, 9.17) is 16.3 Å². The van der Waals surface area contributed by atoms with Gasteiger partial charge in [-0.1, -0.05) is 11.6 Å². The van der Waals surface area contributed by atoms with Crippen LogP contribution in [0, 0.1) is 5.92 Å². The van der Waals surface area contributed by atoms with Crippen LogP contribution in [0.1, 0.15) is 16.8 Å². The van der Waals surface area contributed by atoms with Crippen molar-refractivity contribution < 1.29 is 19.4 Å². The summed E-state index contributed by atoms with van der Waals surface area (Å²) < 4.78 is 5.07. The molecular weight excluding hydrogens is 272 g/mol. The molecule has 0 aliphatic carbocycles. The highest BCUT2D eigenvalue weighted by Gasteiger charge is 2.24. The van der Waals surface area contributed by atoms with Gasteiger partial charge >= 0.3 is 0 Å². The van der Waals surface area contributed by atoms with Gasteiger partial charge in [-0.3, -0.25) is 20.4 Å². The van der Waals surface area contributed by atoms with Gasteiger partial charge in [-0.15, -0.1) is 0 Å². The van der Waals surface area contributed by atoms with Crippen LogP contribution in [0.5, 0.6) is 5.75 Å². The Labute approximate surface area is 114 Å². The fourth-order valence-electron chi connectivity index (χ4n) is 1.73. The number of hydrogen-bond donors (Lipinski definition) is 3. The van der Waals surface area contributed by atoms with Crippen molar-refractivity contribution in [1.29, 1.82) is 0 Å². The first-order valence-corrected chi connectivity index (χ1v) is 6.12. The van der Waals surface area contributed by atoms with Crippen molar-refractivity contribution in [3.8, 4) is 5.75 Å². The van der Waals surface area contributed by atoms with E-state index < -0.39 is 5.91 Å². The lowest BCUT2D eigenvalue weighted by molar-refractivity contribution is -0.125. The molecule has 0 saturated carbocycles. The maximum Gasteiger partial charge on any atom is 0.273 e. The van der Waals surface area contributed by atoms with Gasteiger partial charge in [-0.05, 0) is 24.6 Å². The smallest absolute Gasteiger partial charge is 0.273 e. The topological polar surface area (TPSA) is 87.7 Å². The number of ether oxygens (including phenoxy) is 1. The highest BCUT2D eigenvalue weighted by Crippen LogP contribution is 2.21. The highest BCUT2D eigenvalue weighted by molar-refractivity contribution is 6.30. The van der Waals surface area contributed by atoms with Crippen LogP contribution in [0.15, 0.2) is 18.2 Å². The lowest BCUT2D eigenvalue weighted by Crippen LogP contribution is -2.44. The van der Waals surface area contributed by atoms with E-state index in [0.29, 0.717) is 24.7 Å². The molecule has 0 bridgehead atoms. The fourth-order valence-corrected chi connectivity index (χ4v) is 1.89. The van der Waals surface area contributed by atoms with Gasteiger partial charge in [0.05, 0.1) is 18.1 Å². The summed E-state index contributed by atoms with van der Waals surface area (Å²) in [6.45, 7) is 0.901. The Bertz CT molecular complexity index is 501. The second kappa shape index (κ2) is 5.90. The summed E-state index contributed by atoms with van der Waals surface area (Å²) in [5.74, 6) is -1.41. The number of carbonyl (C=O) groups excluding carboxylic acids is 2. The van der Waals surface area contributed by atoms with Crippen LogP contribution in [0.25, 0.3) is 0 Å². The number of nitrogens with one attached hydrogen (secondary N) is 2. The standard InChI is InChI=1S/C12H13ClN2O4/c13-8-1-2-9(10(16)5-8)12(18)15-14-11(17)7-3-4-19-6-7/h1-2,5,7,16H,3-4,6H2,(H,14,17)(H,15,18)/t7-/m1/s1. The molecule has 1 aliphatic heterocycles. The summed E-state index contributed by atoms with van der Waals surface area (Å²) in [5.41, 5.74) is 4.58. The number of halogens is 1. The van der Waals surface area contributed by atoms with E-state index in [9.17, 15) is 14.7 Å². The lowest BCUT2D eigenvalue weighted by Gasteiger charge is -2.11. The molecule has 0 radical (unpaired) electrons. The molecule has 6 nitrogen and oxygen atoms in total. The Hall–Kier alpha value is -1.79. The van der Waals surface area contributed by atoms with Gasteiger partial charge in [0.25, 0.3) is 5.91 Å². The van der Waals surface area contributed by atoms with Crippen LogP contribution in [0.2, 0.25) is 5.02 Å². The van der Waals surface area contributed by atoms with E-state index in [1.54, 1.807) is 0 Å². The lowest BCUT2D eigenvalue weighted by atomic mass is 10.1. The number of carbonyl (C=O) groups is 2. The summed E-state index contributed by atoms with van der Waals surface area (Å²) in [4.78, 5) is 23.4. The summed E-state index contributed by atoms with van der Waals surface area (Å²) >= 11 is 5.66. The number of amides is 2. The molecule has 1 heterocycles. The average molecular weight is 285 g/mol. The Balaban J connectivity index is 1.92. The first-order chi connectivity index (χ1) is 9.08. The summed E-state index contributed by atoms with van der Waals surface area (Å²) in [6.07, 6.45) is 0.633. The van der Waals surface area contributed by atoms with Crippen molar-refractivity contribution in [2.24, 2.45) is 5.92 Å². The quantitative estimate of drug-likeness (QED) is 0.703. The van der Waals surface area contributed by atoms with Gasteiger partial charge in [0.1, 0.15) is 5.75 Å². The van der Waals surface area contributed by atoms with Crippen molar-refractivity contribution >= 4 is 23.4 Å². The molecule has 2 amide bonds. The number of hydrazine groups is 1. The SMILES string of the molecule is O=C(NNC(=O)[C@@H]1CCOC1)c1ccc(Cl)cc1O. The molecule has 3 N–H and O–H groups in total. The minimum absolute atomic E-state index is 0.0346. The molecule has 2 rings (SSSR count). The number of phenols is 1. The third-order valence-electron chi connectivity index (χ3n) is 2.80. The molecule has 0 unspecified atom stereocenters. The second-order valence-corrected chi connectivity index (χ2v) is 4.60. The minimum atomic E-state index is -0.610. The molecule has 1 atom stereocenters. The van der Waals surface area contributed by atoms with Gasteiger partial charge < -0.3 is 9.84 Å². The molecular formula is C12H13ClN2O4. The van der Waals surface area contributed by atoms with Gasteiger partial charge in [0, 0.05) is 11.6 Å². The first kappa shape index (κ1) is 13.6. The fraction of sp³-hybridized carbons (Fsp3) is 0.333. The van der Waals surface area contributed by atoms with Crippen molar-refractivity contribution in [1.82, 2.24) is 10.9 Å². The van der Waals surface area contributed by atoms with E-state index in [1.165, 1.54) is 18.2 Å². The van der Waals surface area contributed by atoms with Crippen LogP contribution in [0.4, 0.5) is 0 Å². The van der Waals surface area contributed by atoms with Crippen LogP contribution < -0.4 is 10.9 Å². The molecule has 7 heteroatoms. The second-order valence-electron chi connectivity index (χ2n) is 4.17. The van der Waals surface area contributed by atoms with E-state index in [1.807, 2.05) is 0 Å². The van der Waals surface area contributed by atoms with E-state index >= 15 is 0 Å². The van der Waals surface area contributed by atoms with Crippen molar-refractivity contribution in [2.45, 2.75) is 6.42 Å². The summed E-state index contributed by atoms with van der Waals surface area (Å²) in [6, 6.07) is 4.10. The third kappa shape index (κ3) is 3.36. The normalized spacial score (nSPS) is 18.1. The third-order valence-corrected chi connectivity index (χ3v) is 3.04. The maximum atomic E-state index is 11.7. The maximum absolute atomic E-state index is 11.7. The zero-order valence-electron chi connectivity index (χ0n) is 9.98. The van der Waals surface area contributed by atoms with Crippen molar-refractivity contribution in [3.63, 3.8) is 0 Å². The first-order valence-electron chi connectivity index (χ1n) is 5.74. The number of benzene rings is 1. The largest absolute Gasteiger partial charge is 0.507 e. The van der Waals surface area contributed by atoms with Crippen LogP contribution in [0.3, 0.4) is 0 Å². The molecule has 0 spiro atoms. The van der Waals surface area contributed by atoms with E-state index in [2.05, 4.69) is 10.9 Å². The van der Waals surface area contributed by atoms with E-state index in [-0.39, 0.29) is 23.1 Å². The highest BCUT2D eigenvalue weighted by atomic mass is 35.5. The van der Waals surface area contributed by atoms with Crippen molar-refractivity contribution in [3.05, 3.63) is 28.8 Å². The van der Waals surface area contributed by atoms with E-state index in [0.717, 1.165) is 0 Å². The number of rotatable bonds is 2. The molecule has 1 saturated heterocycles. The Morgan fingerprint density at radius 1 is 1.37 bits per heavy atom. The number of phenolic OH excluding ortho intramolecular Hbond substituents is 1. The summed E-state index contributed by atoms with van der Waals surface area (Å²) in [7, 11) is 0. The zero-order valence-corrected chi connectivity index (χ0v) is 10.7. The molecule has 1 fully saturated rings. The Morgan fingerprint density at radius 3 is 2.79 bits per heavy atom. The monoisotopic (exact) mass is 284 g/mol. The van der Waals surface area contributed by atoms with Gasteiger partial charge in [0.2, 0.25) is 5.91 Å². The predicted octanol–water partition coefficient (Wildman–Crippen LogP) is 0.843. The molecule has 0 aromatic heterocycles. The van der Waals surface area contributed by atoms with Crippen LogP contribution >= 0.6 is 11.6 Å². The van der Waals surface area contributed by atoms with Crippen molar-refractivity contribution in [2.75, 3.05) is 13.2 Å². The molecule has 1 aromatic carbocycles.